The fourth-order valence-electron chi connectivity index (χ4n) is 0.666. The van der Waals surface area contributed by atoms with Crippen LogP contribution in [0.3, 0.4) is 0 Å². The number of hydroxylamine groups is 1. The van der Waals surface area contributed by atoms with Crippen LogP contribution in [0, 0.1) is 5.92 Å². The van der Waals surface area contributed by atoms with E-state index in [1.165, 1.54) is 0 Å². The molecule has 1 atom stereocenters. The molecule has 0 saturated carbocycles. The largest absolute Gasteiger partial charge is 0.351 e. The van der Waals surface area contributed by atoms with Crippen molar-refractivity contribution in [2.24, 2.45) is 5.92 Å². The van der Waals surface area contributed by atoms with Gasteiger partial charge in [0.25, 0.3) is 0 Å². The van der Waals surface area contributed by atoms with E-state index in [9.17, 15) is 0 Å². The van der Waals surface area contributed by atoms with Crippen molar-refractivity contribution in [1.29, 1.82) is 0 Å². The maximum Gasteiger partial charge on any atom is 0.176 e. The predicted molar refractivity (Wildman–Crippen MR) is 45.0 cm³/mol. The lowest BCUT2D eigenvalue weighted by Gasteiger charge is -2.16. The van der Waals surface area contributed by atoms with Gasteiger partial charge in [0, 0.05) is 7.05 Å². The molecule has 0 rings (SSSR count). The summed E-state index contributed by atoms with van der Waals surface area (Å²) in [4.78, 5) is 5.07. The topological polar surface area (TPSA) is 30.5 Å². The van der Waals surface area contributed by atoms with Crippen molar-refractivity contribution in [1.82, 2.24) is 5.48 Å². The molecule has 0 bridgehead atoms. The van der Waals surface area contributed by atoms with Gasteiger partial charge in [-0.05, 0) is 12.3 Å². The van der Waals surface area contributed by atoms with Gasteiger partial charge in [0.15, 0.2) is 6.29 Å². The van der Waals surface area contributed by atoms with Gasteiger partial charge < -0.3 is 4.74 Å². The Morgan fingerprint density at radius 1 is 1.36 bits per heavy atom. The van der Waals surface area contributed by atoms with Crippen LogP contribution >= 0.6 is 0 Å². The molecular weight excluding hydrogens is 142 g/mol. The molecule has 0 spiro atoms. The summed E-state index contributed by atoms with van der Waals surface area (Å²) in [5.41, 5.74) is 2.62. The Morgan fingerprint density at radius 2 is 2.00 bits per heavy atom. The maximum atomic E-state index is 5.41. The third-order valence-electron chi connectivity index (χ3n) is 1.20. The fourth-order valence-corrected chi connectivity index (χ4v) is 0.666. The molecule has 0 aliphatic heterocycles. The van der Waals surface area contributed by atoms with Crippen LogP contribution in [-0.2, 0) is 9.57 Å². The minimum atomic E-state index is -0.109. The van der Waals surface area contributed by atoms with E-state index in [0.29, 0.717) is 5.92 Å². The molecule has 1 N–H and O–H groups in total. The van der Waals surface area contributed by atoms with E-state index in [-0.39, 0.29) is 6.29 Å². The number of ether oxygens (including phenoxy) is 1. The molecule has 0 aliphatic carbocycles. The smallest absolute Gasteiger partial charge is 0.176 e. The van der Waals surface area contributed by atoms with Crippen molar-refractivity contribution in [2.45, 2.75) is 33.5 Å². The molecule has 0 saturated heterocycles. The van der Waals surface area contributed by atoms with Gasteiger partial charge in [-0.2, -0.15) is 0 Å². The summed E-state index contributed by atoms with van der Waals surface area (Å²) in [6.07, 6.45) is 0.760. The first-order valence-electron chi connectivity index (χ1n) is 4.14. The van der Waals surface area contributed by atoms with Crippen LogP contribution in [0.2, 0.25) is 0 Å². The lowest BCUT2D eigenvalue weighted by molar-refractivity contribution is -0.180. The summed E-state index contributed by atoms with van der Waals surface area (Å²) in [6, 6.07) is 0. The Morgan fingerprint density at radius 3 is 2.36 bits per heavy atom. The van der Waals surface area contributed by atoms with Crippen molar-refractivity contribution >= 4 is 0 Å². The van der Waals surface area contributed by atoms with E-state index in [1.807, 2.05) is 6.92 Å². The molecule has 68 valence electrons. The van der Waals surface area contributed by atoms with Crippen LogP contribution in [-0.4, -0.2) is 19.9 Å². The van der Waals surface area contributed by atoms with Crippen molar-refractivity contribution in [3.8, 4) is 0 Å². The lowest BCUT2D eigenvalue weighted by Crippen LogP contribution is -2.24. The van der Waals surface area contributed by atoms with Crippen LogP contribution in [0.15, 0.2) is 0 Å². The molecule has 0 aliphatic rings. The Hall–Kier alpha value is -0.120. The highest BCUT2D eigenvalue weighted by atomic mass is 16.8. The molecule has 0 heterocycles. The molecule has 0 aromatic heterocycles. The summed E-state index contributed by atoms with van der Waals surface area (Å²) in [5.74, 6) is 0.560. The van der Waals surface area contributed by atoms with E-state index in [2.05, 4.69) is 19.3 Å². The molecule has 0 aromatic carbocycles. The van der Waals surface area contributed by atoms with Gasteiger partial charge in [0.05, 0.1) is 6.61 Å². The second-order valence-electron chi connectivity index (χ2n) is 2.89. The standard InChI is InChI=1S/C8H19NO2/c1-5-8(11-9-4)10-6-7(2)3/h7-9H,5-6H2,1-4H3. The van der Waals surface area contributed by atoms with Gasteiger partial charge in [-0.15, -0.1) is 0 Å². The van der Waals surface area contributed by atoms with Crippen molar-refractivity contribution in [3.63, 3.8) is 0 Å². The van der Waals surface area contributed by atoms with Gasteiger partial charge in [-0.25, -0.2) is 5.48 Å². The highest BCUT2D eigenvalue weighted by Gasteiger charge is 2.05. The predicted octanol–water partition coefficient (Wildman–Crippen LogP) is 1.55. The number of hydrogen-bond donors (Lipinski definition) is 1. The van der Waals surface area contributed by atoms with Crippen LogP contribution in [0.25, 0.3) is 0 Å². The number of rotatable bonds is 6. The van der Waals surface area contributed by atoms with Crippen LogP contribution in [0.5, 0.6) is 0 Å². The molecule has 0 aromatic rings. The summed E-state index contributed by atoms with van der Waals surface area (Å²) in [6.45, 7) is 7.01. The monoisotopic (exact) mass is 161 g/mol. The third kappa shape index (κ3) is 6.28. The summed E-state index contributed by atoms with van der Waals surface area (Å²) >= 11 is 0. The van der Waals surface area contributed by atoms with E-state index in [4.69, 9.17) is 9.57 Å². The summed E-state index contributed by atoms with van der Waals surface area (Å²) in [5, 5.41) is 0. The zero-order valence-corrected chi connectivity index (χ0v) is 7.89. The minimum Gasteiger partial charge on any atom is -0.351 e. The molecule has 0 radical (unpaired) electrons. The molecule has 3 heteroatoms. The average molecular weight is 161 g/mol. The van der Waals surface area contributed by atoms with E-state index < -0.39 is 0 Å². The first-order valence-corrected chi connectivity index (χ1v) is 4.14. The summed E-state index contributed by atoms with van der Waals surface area (Å²) < 4.78 is 5.41. The molecular formula is C8H19NO2. The Kier molecular flexibility index (Phi) is 6.51. The highest BCUT2D eigenvalue weighted by molar-refractivity contribution is 4.42. The van der Waals surface area contributed by atoms with E-state index in [0.717, 1.165) is 13.0 Å². The first kappa shape index (κ1) is 10.9. The average Bonchev–Trinajstić information content (AvgIpc) is 1.97. The van der Waals surface area contributed by atoms with Gasteiger partial charge in [-0.1, -0.05) is 20.8 Å². The van der Waals surface area contributed by atoms with E-state index >= 15 is 0 Å². The zero-order valence-electron chi connectivity index (χ0n) is 7.89. The molecule has 11 heavy (non-hydrogen) atoms. The SMILES string of the molecule is CCC(OCC(C)C)ONC. The van der Waals surface area contributed by atoms with Crippen molar-refractivity contribution in [2.75, 3.05) is 13.7 Å². The molecule has 1 unspecified atom stereocenters. The van der Waals surface area contributed by atoms with Gasteiger partial charge in [0.1, 0.15) is 0 Å². The molecule has 0 amide bonds. The second kappa shape index (κ2) is 6.58. The Balaban J connectivity index is 3.35. The van der Waals surface area contributed by atoms with Crippen LogP contribution < -0.4 is 5.48 Å². The van der Waals surface area contributed by atoms with Crippen LogP contribution in [0.1, 0.15) is 27.2 Å². The fraction of sp³-hybridized carbons (Fsp3) is 1.00. The van der Waals surface area contributed by atoms with Crippen molar-refractivity contribution < 1.29 is 9.57 Å². The minimum absolute atomic E-state index is 0.109. The lowest BCUT2D eigenvalue weighted by atomic mass is 10.2. The first-order chi connectivity index (χ1) is 5.20. The Labute approximate surface area is 69.0 Å². The second-order valence-corrected chi connectivity index (χ2v) is 2.89. The quantitative estimate of drug-likeness (QED) is 0.473. The molecule has 0 fully saturated rings. The number of hydrogen-bond acceptors (Lipinski definition) is 3. The van der Waals surface area contributed by atoms with Gasteiger partial charge in [0.2, 0.25) is 0 Å². The van der Waals surface area contributed by atoms with E-state index in [1.54, 1.807) is 7.05 Å². The third-order valence-corrected chi connectivity index (χ3v) is 1.20. The normalized spacial score (nSPS) is 13.9. The van der Waals surface area contributed by atoms with Gasteiger partial charge >= 0.3 is 0 Å². The van der Waals surface area contributed by atoms with Gasteiger partial charge in [-0.3, -0.25) is 4.84 Å². The molecule has 3 nitrogen and oxygen atoms in total. The highest BCUT2D eigenvalue weighted by Crippen LogP contribution is 2.01. The van der Waals surface area contributed by atoms with Crippen LogP contribution in [0.4, 0.5) is 0 Å². The maximum absolute atomic E-state index is 5.41. The summed E-state index contributed by atoms with van der Waals surface area (Å²) in [7, 11) is 1.74. The van der Waals surface area contributed by atoms with Crippen molar-refractivity contribution in [3.05, 3.63) is 0 Å². The Bertz CT molecular complexity index is 86.2. The number of nitrogens with one attached hydrogen (secondary N) is 1. The zero-order chi connectivity index (χ0) is 8.69.